The van der Waals surface area contributed by atoms with Crippen LogP contribution >= 0.6 is 23.6 Å². The molecule has 2 nitrogen and oxygen atoms in total. The molecule has 0 aliphatic rings. The van der Waals surface area contributed by atoms with E-state index in [1.807, 2.05) is 0 Å². The topological polar surface area (TPSA) is 24.1 Å². The third-order valence-electron chi connectivity index (χ3n) is 1.96. The van der Waals surface area contributed by atoms with E-state index >= 15 is 0 Å². The molecule has 0 amide bonds. The normalized spacial score (nSPS) is 12.6. The predicted molar refractivity (Wildman–Crippen MR) is 71.5 cm³/mol. The van der Waals surface area contributed by atoms with E-state index in [-0.39, 0.29) is 6.04 Å². The van der Waals surface area contributed by atoms with Gasteiger partial charge in [-0.25, -0.2) is 0 Å². The van der Waals surface area contributed by atoms with Crippen LogP contribution in [-0.2, 0) is 0 Å². The highest BCUT2D eigenvalue weighted by Crippen LogP contribution is 2.21. The largest absolute Gasteiger partial charge is 0.361 e. The van der Waals surface area contributed by atoms with Gasteiger partial charge in [0.05, 0.1) is 6.04 Å². The van der Waals surface area contributed by atoms with Crippen molar-refractivity contribution in [3.63, 3.8) is 0 Å². The summed E-state index contributed by atoms with van der Waals surface area (Å²) >= 11 is 7.00. The molecule has 1 aromatic rings. The first-order chi connectivity index (χ1) is 6.99. The maximum Gasteiger partial charge on any atom is 0.166 e. The fourth-order valence-electron chi connectivity index (χ4n) is 1.26. The van der Waals surface area contributed by atoms with Crippen molar-refractivity contribution in [2.75, 3.05) is 0 Å². The van der Waals surface area contributed by atoms with Crippen molar-refractivity contribution in [3.8, 4) is 0 Å². The zero-order chi connectivity index (χ0) is 11.4. The number of nitrogens with one attached hydrogen (secondary N) is 2. The van der Waals surface area contributed by atoms with Gasteiger partial charge in [-0.1, -0.05) is 0 Å². The summed E-state index contributed by atoms with van der Waals surface area (Å²) in [5.41, 5.74) is 0. The van der Waals surface area contributed by atoms with Gasteiger partial charge in [-0.05, 0) is 52.0 Å². The Morgan fingerprint density at radius 1 is 1.27 bits per heavy atom. The van der Waals surface area contributed by atoms with E-state index < -0.39 is 0 Å². The maximum absolute atomic E-state index is 5.20. The van der Waals surface area contributed by atoms with E-state index in [0.717, 1.165) is 5.11 Å². The molecule has 0 aromatic carbocycles. The molecule has 2 N–H and O–H groups in total. The molecular weight excluding hydrogens is 224 g/mol. The Labute approximate surface area is 101 Å². The van der Waals surface area contributed by atoms with Crippen LogP contribution in [0.2, 0.25) is 0 Å². The summed E-state index contributed by atoms with van der Waals surface area (Å²) in [6, 6.07) is 4.94. The fourth-order valence-corrected chi connectivity index (χ4v) is 2.55. The van der Waals surface area contributed by atoms with Crippen molar-refractivity contribution in [1.29, 1.82) is 0 Å². The zero-order valence-electron chi connectivity index (χ0n) is 9.63. The molecular formula is C11H18N2S2. The van der Waals surface area contributed by atoms with Gasteiger partial charge in [0.2, 0.25) is 0 Å². The standard InChI is InChI=1S/C11H18N2S2/c1-7(2)12-11(14)13-9(4)10-6-5-8(3)15-10/h5-7,9H,1-4H3,(H2,12,13,14). The van der Waals surface area contributed by atoms with Crippen LogP contribution in [0, 0.1) is 6.92 Å². The Kier molecular flexibility index (Phi) is 4.54. The molecule has 1 aromatic heterocycles. The monoisotopic (exact) mass is 242 g/mol. The number of hydrogen-bond acceptors (Lipinski definition) is 2. The number of rotatable bonds is 3. The molecule has 1 heterocycles. The molecule has 1 unspecified atom stereocenters. The summed E-state index contributed by atoms with van der Waals surface area (Å²) in [7, 11) is 0. The molecule has 0 bridgehead atoms. The van der Waals surface area contributed by atoms with Gasteiger partial charge in [-0.3, -0.25) is 0 Å². The van der Waals surface area contributed by atoms with Gasteiger partial charge in [-0.2, -0.15) is 0 Å². The van der Waals surface area contributed by atoms with Crippen molar-refractivity contribution >= 4 is 28.7 Å². The highest BCUT2D eigenvalue weighted by atomic mass is 32.1. The average Bonchev–Trinajstić information content (AvgIpc) is 2.49. The Balaban J connectivity index is 2.48. The van der Waals surface area contributed by atoms with E-state index in [0.29, 0.717) is 6.04 Å². The number of hydrogen-bond donors (Lipinski definition) is 2. The summed E-state index contributed by atoms with van der Waals surface area (Å²) in [5, 5.41) is 7.17. The molecule has 0 aliphatic carbocycles. The Bertz CT molecular complexity index is 331. The molecule has 0 aliphatic heterocycles. The van der Waals surface area contributed by atoms with Gasteiger partial charge in [0, 0.05) is 15.8 Å². The lowest BCUT2D eigenvalue weighted by molar-refractivity contribution is 0.670. The zero-order valence-corrected chi connectivity index (χ0v) is 11.3. The summed E-state index contributed by atoms with van der Waals surface area (Å²) in [6.07, 6.45) is 0. The minimum atomic E-state index is 0.280. The number of aryl methyl sites for hydroxylation is 1. The quantitative estimate of drug-likeness (QED) is 0.797. The lowest BCUT2D eigenvalue weighted by Gasteiger charge is -2.17. The molecule has 0 saturated carbocycles. The maximum atomic E-state index is 5.20. The highest BCUT2D eigenvalue weighted by molar-refractivity contribution is 7.80. The Hall–Kier alpha value is -0.610. The lowest BCUT2D eigenvalue weighted by atomic mass is 10.3. The second kappa shape index (κ2) is 5.47. The van der Waals surface area contributed by atoms with Crippen molar-refractivity contribution in [3.05, 3.63) is 21.9 Å². The summed E-state index contributed by atoms with van der Waals surface area (Å²) in [5.74, 6) is 0. The van der Waals surface area contributed by atoms with Crippen LogP contribution in [0.5, 0.6) is 0 Å². The van der Waals surface area contributed by atoms with E-state index in [2.05, 4.69) is 50.5 Å². The van der Waals surface area contributed by atoms with Crippen molar-refractivity contribution in [2.24, 2.45) is 0 Å². The van der Waals surface area contributed by atoms with E-state index in [9.17, 15) is 0 Å². The third-order valence-corrected chi connectivity index (χ3v) is 3.37. The van der Waals surface area contributed by atoms with E-state index in [4.69, 9.17) is 12.2 Å². The molecule has 0 saturated heterocycles. The molecule has 1 rings (SSSR count). The molecule has 0 spiro atoms. The minimum absolute atomic E-state index is 0.280. The van der Waals surface area contributed by atoms with Crippen LogP contribution in [0.3, 0.4) is 0 Å². The summed E-state index contributed by atoms with van der Waals surface area (Å²) < 4.78 is 0. The smallest absolute Gasteiger partial charge is 0.166 e. The summed E-state index contributed by atoms with van der Waals surface area (Å²) in [6.45, 7) is 8.40. The second-order valence-electron chi connectivity index (χ2n) is 3.94. The fraction of sp³-hybridized carbons (Fsp3) is 0.545. The van der Waals surface area contributed by atoms with Crippen molar-refractivity contribution in [2.45, 2.75) is 39.8 Å². The van der Waals surface area contributed by atoms with Gasteiger partial charge in [0.25, 0.3) is 0 Å². The molecule has 15 heavy (non-hydrogen) atoms. The van der Waals surface area contributed by atoms with Crippen LogP contribution in [0.15, 0.2) is 12.1 Å². The van der Waals surface area contributed by atoms with Gasteiger partial charge >= 0.3 is 0 Å². The molecule has 4 heteroatoms. The van der Waals surface area contributed by atoms with Crippen LogP contribution in [-0.4, -0.2) is 11.2 Å². The average molecular weight is 242 g/mol. The van der Waals surface area contributed by atoms with Gasteiger partial charge in [0.1, 0.15) is 0 Å². The number of thiophene rings is 1. The van der Waals surface area contributed by atoms with Crippen LogP contribution in [0.25, 0.3) is 0 Å². The van der Waals surface area contributed by atoms with Gasteiger partial charge < -0.3 is 10.6 Å². The SMILES string of the molecule is Cc1ccc(C(C)NC(=S)NC(C)C)s1. The van der Waals surface area contributed by atoms with Gasteiger partial charge in [0.15, 0.2) is 5.11 Å². The van der Waals surface area contributed by atoms with E-state index in [1.54, 1.807) is 11.3 Å². The first-order valence-electron chi connectivity index (χ1n) is 5.12. The van der Waals surface area contributed by atoms with E-state index in [1.165, 1.54) is 9.75 Å². The lowest BCUT2D eigenvalue weighted by Crippen LogP contribution is -2.40. The van der Waals surface area contributed by atoms with Crippen LogP contribution in [0.4, 0.5) is 0 Å². The molecule has 1 atom stereocenters. The van der Waals surface area contributed by atoms with Crippen LogP contribution < -0.4 is 10.6 Å². The van der Waals surface area contributed by atoms with Crippen molar-refractivity contribution in [1.82, 2.24) is 10.6 Å². The molecule has 84 valence electrons. The highest BCUT2D eigenvalue weighted by Gasteiger charge is 2.08. The van der Waals surface area contributed by atoms with Crippen molar-refractivity contribution < 1.29 is 0 Å². The third kappa shape index (κ3) is 4.18. The first kappa shape index (κ1) is 12.5. The van der Waals surface area contributed by atoms with Gasteiger partial charge in [-0.15, -0.1) is 11.3 Å². The Morgan fingerprint density at radius 3 is 2.40 bits per heavy atom. The van der Waals surface area contributed by atoms with Crippen LogP contribution in [0.1, 0.15) is 36.6 Å². The molecule has 0 fully saturated rings. The number of thiocarbonyl (C=S) groups is 1. The predicted octanol–water partition coefficient (Wildman–Crippen LogP) is 2.99. The first-order valence-corrected chi connectivity index (χ1v) is 6.35. The summed E-state index contributed by atoms with van der Waals surface area (Å²) in [4.78, 5) is 2.65. The minimum Gasteiger partial charge on any atom is -0.361 e. The Morgan fingerprint density at radius 2 is 1.93 bits per heavy atom. The second-order valence-corrected chi connectivity index (χ2v) is 5.67. The molecule has 0 radical (unpaired) electrons.